The van der Waals surface area contributed by atoms with E-state index in [4.69, 9.17) is 4.74 Å². The molecule has 0 bridgehead atoms. The van der Waals surface area contributed by atoms with Crippen molar-refractivity contribution in [2.24, 2.45) is 0 Å². The molecule has 1 aliphatic rings. The fourth-order valence-corrected chi connectivity index (χ4v) is 4.27. The lowest BCUT2D eigenvalue weighted by Gasteiger charge is -2.40. The Morgan fingerprint density at radius 1 is 1.17 bits per heavy atom. The Balaban J connectivity index is 1.84. The Labute approximate surface area is 173 Å². The number of benzene rings is 1. The summed E-state index contributed by atoms with van der Waals surface area (Å²) in [7, 11) is 0. The van der Waals surface area contributed by atoms with Crippen LogP contribution in [0.25, 0.3) is 11.3 Å². The van der Waals surface area contributed by atoms with E-state index in [0.717, 1.165) is 18.4 Å². The lowest BCUT2D eigenvalue weighted by molar-refractivity contribution is 0.0326. The quantitative estimate of drug-likeness (QED) is 0.636. The van der Waals surface area contributed by atoms with E-state index in [2.05, 4.69) is 22.1 Å². The van der Waals surface area contributed by atoms with E-state index >= 15 is 0 Å². The van der Waals surface area contributed by atoms with Gasteiger partial charge >= 0.3 is 0 Å². The highest BCUT2D eigenvalue weighted by molar-refractivity contribution is 5.62. The van der Waals surface area contributed by atoms with E-state index in [1.54, 1.807) is 12.1 Å². The van der Waals surface area contributed by atoms with Crippen molar-refractivity contribution < 1.29 is 13.5 Å². The molecule has 0 spiro atoms. The van der Waals surface area contributed by atoms with Crippen LogP contribution in [0.5, 0.6) is 5.75 Å². The van der Waals surface area contributed by atoms with Crippen molar-refractivity contribution in [2.75, 3.05) is 0 Å². The molecule has 0 saturated heterocycles. The molecule has 2 aromatic heterocycles. The van der Waals surface area contributed by atoms with Crippen LogP contribution < -0.4 is 10.3 Å². The van der Waals surface area contributed by atoms with Gasteiger partial charge in [0.15, 0.2) is 5.60 Å². The first-order chi connectivity index (χ1) is 14.5. The molecular weight excluding hydrogens is 388 g/mol. The van der Waals surface area contributed by atoms with E-state index in [0.29, 0.717) is 24.3 Å². The van der Waals surface area contributed by atoms with E-state index in [1.165, 1.54) is 30.5 Å². The minimum atomic E-state index is -0.756. The SMILES string of the molecule is CC[C@H]1CC[C@](CC)(Oc2cc[nH]c(=O)c2)c2nnc(-c3c(F)cccc3F)cc21. The van der Waals surface area contributed by atoms with Crippen molar-refractivity contribution in [3.8, 4) is 17.0 Å². The predicted octanol–water partition coefficient (Wildman–Crippen LogP) is 5.08. The van der Waals surface area contributed by atoms with E-state index < -0.39 is 17.2 Å². The van der Waals surface area contributed by atoms with Gasteiger partial charge in [-0.1, -0.05) is 19.9 Å². The summed E-state index contributed by atoms with van der Waals surface area (Å²) < 4.78 is 35.0. The first-order valence-electron chi connectivity index (χ1n) is 10.2. The molecule has 7 heteroatoms. The monoisotopic (exact) mass is 411 g/mol. The zero-order valence-corrected chi connectivity index (χ0v) is 16.9. The molecule has 0 unspecified atom stereocenters. The lowest BCUT2D eigenvalue weighted by atomic mass is 9.74. The van der Waals surface area contributed by atoms with Gasteiger partial charge in [0.05, 0.1) is 11.3 Å². The fraction of sp³-hybridized carbons (Fsp3) is 0.348. The zero-order chi connectivity index (χ0) is 21.3. The normalized spacial score (nSPS) is 20.6. The van der Waals surface area contributed by atoms with Crippen LogP contribution in [0.2, 0.25) is 0 Å². The molecule has 1 N–H and O–H groups in total. The number of halogens is 2. The first-order valence-corrected chi connectivity index (χ1v) is 10.2. The average molecular weight is 411 g/mol. The second-order valence-corrected chi connectivity index (χ2v) is 7.61. The summed E-state index contributed by atoms with van der Waals surface area (Å²) in [5, 5.41) is 8.60. The summed E-state index contributed by atoms with van der Waals surface area (Å²) in [6.45, 7) is 4.07. The molecule has 156 valence electrons. The maximum absolute atomic E-state index is 14.3. The van der Waals surface area contributed by atoms with Crippen LogP contribution in [-0.4, -0.2) is 15.2 Å². The van der Waals surface area contributed by atoms with Crippen molar-refractivity contribution in [3.63, 3.8) is 0 Å². The van der Waals surface area contributed by atoms with Crippen LogP contribution in [-0.2, 0) is 5.60 Å². The van der Waals surface area contributed by atoms with Crippen molar-refractivity contribution in [1.82, 2.24) is 15.2 Å². The van der Waals surface area contributed by atoms with Gasteiger partial charge in [-0.15, -0.1) is 5.10 Å². The van der Waals surface area contributed by atoms with Gasteiger partial charge in [-0.05, 0) is 61.4 Å². The Bertz CT molecular complexity index is 1110. The molecule has 5 nitrogen and oxygen atoms in total. The number of aromatic nitrogens is 3. The van der Waals surface area contributed by atoms with Crippen molar-refractivity contribution >= 4 is 0 Å². The molecule has 1 aromatic carbocycles. The Hall–Kier alpha value is -3.09. The number of hydrogen-bond donors (Lipinski definition) is 1. The third-order valence-electron chi connectivity index (χ3n) is 5.93. The fourth-order valence-electron chi connectivity index (χ4n) is 4.27. The number of hydrogen-bond acceptors (Lipinski definition) is 4. The van der Waals surface area contributed by atoms with Crippen LogP contribution >= 0.6 is 0 Å². The van der Waals surface area contributed by atoms with Gasteiger partial charge in [0.1, 0.15) is 23.1 Å². The van der Waals surface area contributed by atoms with Crippen LogP contribution in [0.3, 0.4) is 0 Å². The Morgan fingerprint density at radius 3 is 2.60 bits per heavy atom. The van der Waals surface area contributed by atoms with E-state index in [9.17, 15) is 13.6 Å². The third kappa shape index (κ3) is 3.49. The van der Waals surface area contributed by atoms with Gasteiger partial charge in [0.2, 0.25) is 0 Å². The number of H-pyrrole nitrogens is 1. The van der Waals surface area contributed by atoms with Gasteiger partial charge in [-0.3, -0.25) is 4.79 Å². The Morgan fingerprint density at radius 2 is 1.93 bits per heavy atom. The van der Waals surface area contributed by atoms with Crippen molar-refractivity contribution in [1.29, 1.82) is 0 Å². The van der Waals surface area contributed by atoms with Crippen LogP contribution in [0, 0.1) is 11.6 Å². The molecule has 30 heavy (non-hydrogen) atoms. The van der Waals surface area contributed by atoms with Gasteiger partial charge in [0.25, 0.3) is 5.56 Å². The number of nitrogens with zero attached hydrogens (tertiary/aromatic N) is 2. The van der Waals surface area contributed by atoms with Gasteiger partial charge in [-0.25, -0.2) is 8.78 Å². The molecule has 0 radical (unpaired) electrons. The van der Waals surface area contributed by atoms with Gasteiger partial charge in [-0.2, -0.15) is 5.10 Å². The molecule has 0 amide bonds. The summed E-state index contributed by atoms with van der Waals surface area (Å²) >= 11 is 0. The molecular formula is C23H23F2N3O2. The largest absolute Gasteiger partial charge is 0.481 e. The average Bonchev–Trinajstić information content (AvgIpc) is 2.74. The summed E-state index contributed by atoms with van der Waals surface area (Å²) in [5.41, 5.74) is 0.551. The lowest BCUT2D eigenvalue weighted by Crippen LogP contribution is -2.39. The molecule has 1 aliphatic carbocycles. The van der Waals surface area contributed by atoms with Gasteiger partial charge < -0.3 is 9.72 Å². The highest BCUT2D eigenvalue weighted by atomic mass is 19.1. The number of fused-ring (bicyclic) bond motifs is 1. The molecule has 3 aromatic rings. The summed E-state index contributed by atoms with van der Waals surface area (Å²) in [5.74, 6) is -0.705. The minimum Gasteiger partial charge on any atom is -0.481 e. The maximum Gasteiger partial charge on any atom is 0.251 e. The second kappa shape index (κ2) is 7.97. The summed E-state index contributed by atoms with van der Waals surface area (Å²) in [4.78, 5) is 14.3. The molecule has 0 fully saturated rings. The topological polar surface area (TPSA) is 67.9 Å². The van der Waals surface area contributed by atoms with Crippen molar-refractivity contribution in [2.45, 2.75) is 51.0 Å². The number of ether oxygens (including phenoxy) is 1. The molecule has 2 atom stereocenters. The first kappa shape index (κ1) is 20.2. The smallest absolute Gasteiger partial charge is 0.251 e. The van der Waals surface area contributed by atoms with Crippen LogP contribution in [0.4, 0.5) is 8.78 Å². The molecule has 4 rings (SSSR count). The number of pyridine rings is 1. The standard InChI is InChI=1S/C23H23F2N3O2/c1-3-14-8-10-23(4-2,30-15-9-11-26-20(29)12-15)22-16(14)13-19(27-28-22)21-17(24)6-5-7-18(21)25/h5-7,9,11-14H,3-4,8,10H2,1-2H3,(H,26,29)/t14-,23-/m0/s1. The minimum absolute atomic E-state index is 0.172. The van der Waals surface area contributed by atoms with Gasteiger partial charge in [0, 0.05) is 12.3 Å². The number of aromatic amines is 1. The zero-order valence-electron chi connectivity index (χ0n) is 16.9. The highest BCUT2D eigenvalue weighted by Crippen LogP contribution is 2.46. The molecule has 0 aliphatic heterocycles. The van der Waals surface area contributed by atoms with E-state index in [1.807, 2.05) is 6.92 Å². The second-order valence-electron chi connectivity index (χ2n) is 7.61. The van der Waals surface area contributed by atoms with Crippen LogP contribution in [0.1, 0.15) is 56.7 Å². The van der Waals surface area contributed by atoms with Crippen LogP contribution in [0.15, 0.2) is 47.4 Å². The summed E-state index contributed by atoms with van der Waals surface area (Å²) in [6, 6.07) is 8.59. The number of rotatable bonds is 5. The highest BCUT2D eigenvalue weighted by Gasteiger charge is 2.42. The third-order valence-corrected chi connectivity index (χ3v) is 5.93. The van der Waals surface area contributed by atoms with Crippen molar-refractivity contribution in [3.05, 3.63) is 75.8 Å². The summed E-state index contributed by atoms with van der Waals surface area (Å²) in [6.07, 6.45) is 4.57. The predicted molar refractivity (Wildman–Crippen MR) is 109 cm³/mol. The molecule has 2 heterocycles. The Kier molecular flexibility index (Phi) is 5.37. The molecule has 0 saturated carbocycles. The van der Waals surface area contributed by atoms with E-state index in [-0.39, 0.29) is 22.7 Å². The maximum atomic E-state index is 14.3. The number of nitrogens with one attached hydrogen (secondary N) is 1.